The van der Waals surface area contributed by atoms with Gasteiger partial charge in [0.05, 0.1) is 16.3 Å². The number of quaternary nitrogens is 1. The Bertz CT molecular complexity index is 874. The molecule has 28 heavy (non-hydrogen) atoms. The van der Waals surface area contributed by atoms with Gasteiger partial charge in [0.15, 0.2) is 0 Å². The van der Waals surface area contributed by atoms with E-state index in [9.17, 15) is 25.0 Å². The highest BCUT2D eigenvalue weighted by atomic mass is 16.6. The van der Waals surface area contributed by atoms with Gasteiger partial charge in [0.25, 0.3) is 17.3 Å². The third kappa shape index (κ3) is 4.68. The smallest absolute Gasteiger partial charge is 0.269 e. The van der Waals surface area contributed by atoms with Crippen LogP contribution in [0.5, 0.6) is 0 Å². The summed E-state index contributed by atoms with van der Waals surface area (Å²) in [5, 5.41) is 21.5. The van der Waals surface area contributed by atoms with Crippen LogP contribution in [0.1, 0.15) is 24.0 Å². The predicted octanol–water partition coefficient (Wildman–Crippen LogP) is 2.89. The average Bonchev–Trinajstić information content (AvgIpc) is 3.10. The van der Waals surface area contributed by atoms with Crippen LogP contribution >= 0.6 is 0 Å². The lowest BCUT2D eigenvalue weighted by Crippen LogP contribution is -2.58. The van der Waals surface area contributed by atoms with E-state index in [4.69, 9.17) is 0 Å². The summed E-state index contributed by atoms with van der Waals surface area (Å²) in [6, 6.07) is 12.3. The highest BCUT2D eigenvalue weighted by Crippen LogP contribution is 2.22. The molecule has 1 saturated heterocycles. The van der Waals surface area contributed by atoms with Gasteiger partial charge in [0.2, 0.25) is 0 Å². The lowest BCUT2D eigenvalue weighted by Gasteiger charge is -2.33. The Morgan fingerprint density at radius 1 is 0.857 bits per heavy atom. The van der Waals surface area contributed by atoms with Gasteiger partial charge in [0, 0.05) is 42.7 Å². The molecule has 1 heterocycles. The Hall–Kier alpha value is -3.33. The number of nitro groups is 2. The first-order valence-corrected chi connectivity index (χ1v) is 9.01. The molecular weight excluding hydrogens is 364 g/mol. The van der Waals surface area contributed by atoms with E-state index in [0.717, 1.165) is 31.5 Å². The zero-order chi connectivity index (χ0) is 20.1. The van der Waals surface area contributed by atoms with Gasteiger partial charge in [-0.15, -0.1) is 0 Å². The average molecular weight is 385 g/mol. The molecule has 1 N–H and O–H groups in total. The van der Waals surface area contributed by atoms with Crippen molar-refractivity contribution in [3.05, 3.63) is 79.9 Å². The number of likely N-dealkylation sites (tertiary alicyclic amines) is 1. The molecular formula is C19H21N4O5+. The molecule has 9 nitrogen and oxygen atoms in total. The Labute approximate surface area is 161 Å². The Morgan fingerprint density at radius 2 is 1.32 bits per heavy atom. The number of benzene rings is 2. The predicted molar refractivity (Wildman–Crippen MR) is 101 cm³/mol. The van der Waals surface area contributed by atoms with Crippen molar-refractivity contribution >= 4 is 17.3 Å². The van der Waals surface area contributed by atoms with E-state index in [0.29, 0.717) is 16.7 Å². The third-order valence-electron chi connectivity index (χ3n) is 4.93. The van der Waals surface area contributed by atoms with Gasteiger partial charge in [-0.1, -0.05) is 12.1 Å². The molecule has 1 fully saturated rings. The molecule has 0 spiro atoms. The first-order valence-electron chi connectivity index (χ1n) is 9.01. The second-order valence-corrected chi connectivity index (χ2v) is 7.02. The van der Waals surface area contributed by atoms with Gasteiger partial charge in [-0.25, -0.2) is 10.0 Å². The summed E-state index contributed by atoms with van der Waals surface area (Å²) in [5.74, 6) is -0.155. The van der Waals surface area contributed by atoms with Gasteiger partial charge in [0.1, 0.15) is 19.6 Å². The summed E-state index contributed by atoms with van der Waals surface area (Å²) in [4.78, 5) is 33.2. The van der Waals surface area contributed by atoms with Crippen molar-refractivity contribution in [2.45, 2.75) is 25.8 Å². The Morgan fingerprint density at radius 3 is 1.79 bits per heavy atom. The molecule has 0 aromatic heterocycles. The molecule has 1 amide bonds. The molecule has 0 unspecified atom stereocenters. The van der Waals surface area contributed by atoms with Crippen molar-refractivity contribution in [1.29, 1.82) is 0 Å². The second kappa shape index (κ2) is 8.13. The van der Waals surface area contributed by atoms with Gasteiger partial charge >= 0.3 is 0 Å². The maximum atomic E-state index is 12.6. The summed E-state index contributed by atoms with van der Waals surface area (Å²) < 4.78 is 0.406. The standard InChI is InChI=1S/C19H20N4O5/c24-19(13-15-3-7-17(8-4-15)21(25)26)20-23(11-1-2-12-23)14-16-5-9-18(10-6-16)22(27)28/h3-10H,1-2,11-14H2/p+1. The fourth-order valence-electron chi connectivity index (χ4n) is 3.55. The largest absolute Gasteiger partial charge is 0.270 e. The fourth-order valence-corrected chi connectivity index (χ4v) is 3.55. The van der Waals surface area contributed by atoms with Gasteiger partial charge in [-0.05, 0) is 17.7 Å². The van der Waals surface area contributed by atoms with Gasteiger partial charge in [-0.3, -0.25) is 25.0 Å². The quantitative estimate of drug-likeness (QED) is 0.447. The van der Waals surface area contributed by atoms with Crippen LogP contribution in [0.4, 0.5) is 11.4 Å². The van der Waals surface area contributed by atoms with E-state index in [1.807, 2.05) is 0 Å². The number of nitrogens with zero attached hydrogens (tertiary/aromatic N) is 3. The summed E-state index contributed by atoms with van der Waals surface area (Å²) in [6.45, 7) is 2.15. The normalized spacial score (nSPS) is 15.1. The van der Waals surface area contributed by atoms with Crippen molar-refractivity contribution in [1.82, 2.24) is 5.43 Å². The van der Waals surface area contributed by atoms with E-state index in [1.54, 1.807) is 24.3 Å². The summed E-state index contributed by atoms with van der Waals surface area (Å²) in [6.07, 6.45) is 2.12. The van der Waals surface area contributed by atoms with Crippen LogP contribution in [0.15, 0.2) is 48.5 Å². The molecule has 0 aliphatic carbocycles. The molecule has 0 saturated carbocycles. The van der Waals surface area contributed by atoms with Crippen LogP contribution in [0, 0.1) is 20.2 Å². The molecule has 146 valence electrons. The first kappa shape index (κ1) is 19.4. The third-order valence-corrected chi connectivity index (χ3v) is 4.93. The van der Waals surface area contributed by atoms with Crippen LogP contribution in [0.3, 0.4) is 0 Å². The number of hydrogen-bond donors (Lipinski definition) is 1. The number of amides is 1. The monoisotopic (exact) mass is 385 g/mol. The molecule has 3 rings (SSSR count). The van der Waals surface area contributed by atoms with Crippen molar-refractivity contribution in [2.24, 2.45) is 0 Å². The first-order chi connectivity index (χ1) is 13.4. The maximum Gasteiger partial charge on any atom is 0.269 e. The zero-order valence-corrected chi connectivity index (χ0v) is 15.2. The molecule has 2 aromatic carbocycles. The molecule has 9 heteroatoms. The van der Waals surface area contributed by atoms with Crippen molar-refractivity contribution < 1.29 is 19.2 Å². The van der Waals surface area contributed by atoms with Gasteiger partial charge in [-0.2, -0.15) is 0 Å². The van der Waals surface area contributed by atoms with Crippen molar-refractivity contribution in [2.75, 3.05) is 13.1 Å². The van der Waals surface area contributed by atoms with E-state index in [1.165, 1.54) is 24.3 Å². The lowest BCUT2D eigenvalue weighted by atomic mass is 10.1. The number of hydrogen-bond acceptors (Lipinski definition) is 5. The van der Waals surface area contributed by atoms with E-state index < -0.39 is 9.85 Å². The van der Waals surface area contributed by atoms with E-state index >= 15 is 0 Å². The minimum absolute atomic E-state index is 0.00891. The minimum atomic E-state index is -0.474. The summed E-state index contributed by atoms with van der Waals surface area (Å²) in [7, 11) is 0. The van der Waals surface area contributed by atoms with Crippen LogP contribution < -0.4 is 5.43 Å². The number of nitro benzene ring substituents is 2. The Balaban J connectivity index is 1.66. The van der Waals surface area contributed by atoms with Gasteiger partial charge < -0.3 is 0 Å². The van der Waals surface area contributed by atoms with Crippen LogP contribution in [-0.4, -0.2) is 33.4 Å². The molecule has 1 aliphatic heterocycles. The molecule has 0 bridgehead atoms. The molecule has 0 radical (unpaired) electrons. The molecule has 1 aliphatic rings. The van der Waals surface area contributed by atoms with E-state index in [-0.39, 0.29) is 23.7 Å². The number of rotatable bonds is 7. The Kier molecular flexibility index (Phi) is 5.65. The van der Waals surface area contributed by atoms with Crippen LogP contribution in [0.2, 0.25) is 0 Å². The highest BCUT2D eigenvalue weighted by Gasteiger charge is 2.34. The zero-order valence-electron chi connectivity index (χ0n) is 15.2. The number of nitrogens with one attached hydrogen (secondary N) is 1. The van der Waals surface area contributed by atoms with Crippen molar-refractivity contribution in [3.8, 4) is 0 Å². The number of carbonyl (C=O) groups is 1. The fraction of sp³-hybridized carbons (Fsp3) is 0.316. The molecule has 2 aromatic rings. The number of carbonyl (C=O) groups excluding carboxylic acids is 1. The lowest BCUT2D eigenvalue weighted by molar-refractivity contribution is -0.963. The summed E-state index contributed by atoms with van der Waals surface area (Å²) >= 11 is 0. The minimum Gasteiger partial charge on any atom is -0.270 e. The SMILES string of the molecule is O=C(Cc1ccc([N+](=O)[O-])cc1)N[N+]1(Cc2ccc([N+](=O)[O-])cc2)CCCC1. The van der Waals surface area contributed by atoms with Crippen LogP contribution in [-0.2, 0) is 17.8 Å². The van der Waals surface area contributed by atoms with E-state index in [2.05, 4.69) is 5.43 Å². The number of non-ortho nitro benzene ring substituents is 2. The molecule has 0 atom stereocenters. The summed E-state index contributed by atoms with van der Waals surface area (Å²) in [5.41, 5.74) is 4.75. The van der Waals surface area contributed by atoms with Crippen molar-refractivity contribution in [3.63, 3.8) is 0 Å². The second-order valence-electron chi connectivity index (χ2n) is 7.02. The maximum absolute atomic E-state index is 12.6. The highest BCUT2D eigenvalue weighted by molar-refractivity contribution is 5.77. The van der Waals surface area contributed by atoms with Crippen LogP contribution in [0.25, 0.3) is 0 Å². The topological polar surface area (TPSA) is 115 Å².